The Morgan fingerprint density at radius 3 is 2.38 bits per heavy atom. The lowest BCUT2D eigenvalue weighted by molar-refractivity contribution is 0.963. The molecule has 0 aliphatic heterocycles. The van der Waals surface area contributed by atoms with Gasteiger partial charge in [0.25, 0.3) is 0 Å². The lowest BCUT2D eigenvalue weighted by Gasteiger charge is -2.02. The van der Waals surface area contributed by atoms with Crippen LogP contribution in [-0.4, -0.2) is 4.57 Å². The number of aromatic nitrogens is 1. The number of rotatable bonds is 0. The van der Waals surface area contributed by atoms with E-state index in [2.05, 4.69) is 50.7 Å². The second kappa shape index (κ2) is 2.63. The topological polar surface area (TPSA) is 4.93 Å². The minimum atomic E-state index is 1.34. The fourth-order valence-electron chi connectivity index (χ4n) is 2.16. The summed E-state index contributed by atoms with van der Waals surface area (Å²) in [6, 6.07) is 4.49. The van der Waals surface area contributed by atoms with Gasteiger partial charge in [0.15, 0.2) is 0 Å². The van der Waals surface area contributed by atoms with E-state index < -0.39 is 0 Å². The first kappa shape index (κ1) is 8.36. The summed E-state index contributed by atoms with van der Waals surface area (Å²) in [5, 5.41) is 1.41. The molecule has 68 valence electrons. The Balaban J connectivity index is 2.97. The van der Waals surface area contributed by atoms with Gasteiger partial charge in [-0.3, -0.25) is 0 Å². The molecule has 0 saturated heterocycles. The zero-order valence-corrected chi connectivity index (χ0v) is 8.68. The minimum Gasteiger partial charge on any atom is -0.350 e. The molecule has 0 N–H and O–H groups in total. The number of nitrogens with zero attached hydrogens (tertiary/aromatic N) is 1. The fraction of sp³-hybridized carbons (Fsp3) is 0.333. The number of hydrogen-bond donors (Lipinski definition) is 0. The molecule has 0 radical (unpaired) electrons. The summed E-state index contributed by atoms with van der Waals surface area (Å²) in [6.07, 6.45) is 2.19. The summed E-state index contributed by atoms with van der Waals surface area (Å²) in [7, 11) is 2.11. The van der Waals surface area contributed by atoms with Crippen LogP contribution in [0.5, 0.6) is 0 Å². The summed E-state index contributed by atoms with van der Waals surface area (Å²) >= 11 is 0. The summed E-state index contributed by atoms with van der Waals surface area (Å²) in [5.41, 5.74) is 5.43. The average Bonchev–Trinajstić information content (AvgIpc) is 2.27. The van der Waals surface area contributed by atoms with Crippen LogP contribution in [0.3, 0.4) is 0 Å². The number of benzene rings is 1. The second-order valence-electron chi connectivity index (χ2n) is 3.90. The highest BCUT2D eigenvalue weighted by Crippen LogP contribution is 2.24. The predicted molar refractivity (Wildman–Crippen MR) is 57.1 cm³/mol. The van der Waals surface area contributed by atoms with Crippen LogP contribution in [-0.2, 0) is 7.05 Å². The van der Waals surface area contributed by atoms with Crippen LogP contribution in [0.2, 0.25) is 0 Å². The van der Waals surface area contributed by atoms with Gasteiger partial charge in [-0.05, 0) is 43.5 Å². The highest BCUT2D eigenvalue weighted by Gasteiger charge is 2.05. The number of fused-ring (bicyclic) bond motifs is 1. The zero-order valence-electron chi connectivity index (χ0n) is 8.68. The van der Waals surface area contributed by atoms with Crippen molar-refractivity contribution in [3.05, 3.63) is 35.0 Å². The van der Waals surface area contributed by atoms with E-state index in [-0.39, 0.29) is 0 Å². The van der Waals surface area contributed by atoms with Crippen LogP contribution in [0.15, 0.2) is 18.3 Å². The third kappa shape index (κ3) is 1.15. The molecule has 0 saturated carbocycles. The standard InChI is InChI=1S/C12H15N/c1-8-5-9(2)12-10(3)7-13(4)11(12)6-8/h5-7H,1-4H3. The highest BCUT2D eigenvalue weighted by atomic mass is 14.9. The maximum Gasteiger partial charge on any atom is 0.0485 e. The Morgan fingerprint density at radius 1 is 1.00 bits per heavy atom. The van der Waals surface area contributed by atoms with Crippen LogP contribution in [0.25, 0.3) is 10.9 Å². The van der Waals surface area contributed by atoms with Crippen LogP contribution in [0, 0.1) is 20.8 Å². The maximum absolute atomic E-state index is 2.25. The summed E-state index contributed by atoms with van der Waals surface area (Å²) in [5.74, 6) is 0. The van der Waals surface area contributed by atoms with Crippen molar-refractivity contribution < 1.29 is 0 Å². The van der Waals surface area contributed by atoms with E-state index in [0.29, 0.717) is 0 Å². The fourth-order valence-corrected chi connectivity index (χ4v) is 2.16. The maximum atomic E-state index is 2.25. The van der Waals surface area contributed by atoms with Gasteiger partial charge >= 0.3 is 0 Å². The van der Waals surface area contributed by atoms with Gasteiger partial charge in [-0.25, -0.2) is 0 Å². The van der Waals surface area contributed by atoms with Gasteiger partial charge in [0.2, 0.25) is 0 Å². The first-order chi connectivity index (χ1) is 6.09. The average molecular weight is 173 g/mol. The highest BCUT2D eigenvalue weighted by molar-refractivity contribution is 5.87. The Hall–Kier alpha value is -1.24. The van der Waals surface area contributed by atoms with Crippen molar-refractivity contribution in [1.29, 1.82) is 0 Å². The summed E-state index contributed by atoms with van der Waals surface area (Å²) < 4.78 is 2.20. The van der Waals surface area contributed by atoms with Gasteiger partial charge in [-0.2, -0.15) is 0 Å². The molecule has 0 fully saturated rings. The van der Waals surface area contributed by atoms with Crippen LogP contribution in [0.1, 0.15) is 16.7 Å². The van der Waals surface area contributed by atoms with Gasteiger partial charge in [0, 0.05) is 24.1 Å². The molecule has 1 heteroatoms. The van der Waals surface area contributed by atoms with E-state index in [9.17, 15) is 0 Å². The van der Waals surface area contributed by atoms with E-state index in [1.165, 1.54) is 27.6 Å². The summed E-state index contributed by atoms with van der Waals surface area (Å²) in [6.45, 7) is 6.50. The monoisotopic (exact) mass is 173 g/mol. The number of hydrogen-bond acceptors (Lipinski definition) is 0. The molecule has 1 aromatic carbocycles. The molecule has 0 aliphatic carbocycles. The lowest BCUT2D eigenvalue weighted by atomic mass is 10.1. The summed E-state index contributed by atoms with van der Waals surface area (Å²) in [4.78, 5) is 0. The molecule has 0 aliphatic rings. The molecule has 0 unspecified atom stereocenters. The van der Waals surface area contributed by atoms with E-state index in [4.69, 9.17) is 0 Å². The second-order valence-corrected chi connectivity index (χ2v) is 3.90. The third-order valence-corrected chi connectivity index (χ3v) is 2.62. The Kier molecular flexibility index (Phi) is 1.69. The quantitative estimate of drug-likeness (QED) is 0.577. The Labute approximate surface area is 79.0 Å². The van der Waals surface area contributed by atoms with Gasteiger partial charge in [-0.1, -0.05) is 6.07 Å². The van der Waals surface area contributed by atoms with E-state index >= 15 is 0 Å². The van der Waals surface area contributed by atoms with Crippen molar-refractivity contribution >= 4 is 10.9 Å². The third-order valence-electron chi connectivity index (χ3n) is 2.62. The largest absolute Gasteiger partial charge is 0.350 e. The van der Waals surface area contributed by atoms with Crippen LogP contribution in [0.4, 0.5) is 0 Å². The molecule has 1 nitrogen and oxygen atoms in total. The van der Waals surface area contributed by atoms with Gasteiger partial charge in [-0.15, -0.1) is 0 Å². The normalized spacial score (nSPS) is 11.1. The molecule has 0 atom stereocenters. The number of aryl methyl sites for hydroxylation is 4. The van der Waals surface area contributed by atoms with Crippen LogP contribution >= 0.6 is 0 Å². The zero-order chi connectivity index (χ0) is 9.59. The molecule has 0 bridgehead atoms. The van der Waals surface area contributed by atoms with Crippen molar-refractivity contribution in [1.82, 2.24) is 4.57 Å². The SMILES string of the molecule is Cc1cc(C)c2c(C)cn(C)c2c1. The van der Waals surface area contributed by atoms with Gasteiger partial charge in [0.05, 0.1) is 0 Å². The lowest BCUT2D eigenvalue weighted by Crippen LogP contribution is -1.85. The van der Waals surface area contributed by atoms with Crippen molar-refractivity contribution in [3.8, 4) is 0 Å². The smallest absolute Gasteiger partial charge is 0.0485 e. The molecular weight excluding hydrogens is 158 g/mol. The van der Waals surface area contributed by atoms with E-state index in [1.54, 1.807) is 0 Å². The van der Waals surface area contributed by atoms with Crippen LogP contribution < -0.4 is 0 Å². The predicted octanol–water partition coefficient (Wildman–Crippen LogP) is 3.10. The Morgan fingerprint density at radius 2 is 1.69 bits per heavy atom. The first-order valence-electron chi connectivity index (χ1n) is 4.62. The van der Waals surface area contributed by atoms with Crippen molar-refractivity contribution in [2.45, 2.75) is 20.8 Å². The molecule has 1 heterocycles. The molecule has 1 aromatic heterocycles. The van der Waals surface area contributed by atoms with Gasteiger partial charge < -0.3 is 4.57 Å². The molecular formula is C12H15N. The van der Waals surface area contributed by atoms with Gasteiger partial charge in [0.1, 0.15) is 0 Å². The molecule has 2 aromatic rings. The molecule has 2 rings (SSSR count). The van der Waals surface area contributed by atoms with Crippen molar-refractivity contribution in [2.24, 2.45) is 7.05 Å². The molecule has 0 spiro atoms. The molecule has 13 heavy (non-hydrogen) atoms. The Bertz CT molecular complexity index is 463. The van der Waals surface area contributed by atoms with E-state index in [1.807, 2.05) is 0 Å². The van der Waals surface area contributed by atoms with Crippen molar-refractivity contribution in [2.75, 3.05) is 0 Å². The van der Waals surface area contributed by atoms with E-state index in [0.717, 1.165) is 0 Å². The van der Waals surface area contributed by atoms with Crippen molar-refractivity contribution in [3.63, 3.8) is 0 Å². The molecule has 0 amide bonds. The minimum absolute atomic E-state index is 1.34. The first-order valence-corrected chi connectivity index (χ1v) is 4.62.